The Balaban J connectivity index is 0.625. The van der Waals surface area contributed by atoms with Crippen LogP contribution in [-0.4, -0.2) is 182 Å². The first kappa shape index (κ1) is 57.8. The highest BCUT2D eigenvalue weighted by Gasteiger charge is 2.53. The fourth-order valence-electron chi connectivity index (χ4n) is 10.1. The van der Waals surface area contributed by atoms with Crippen molar-refractivity contribution < 1.29 is 52.1 Å². The van der Waals surface area contributed by atoms with E-state index in [1.165, 1.54) is 28.4 Å². The van der Waals surface area contributed by atoms with Gasteiger partial charge in [-0.15, -0.1) is 11.3 Å². The number of H-pyrrole nitrogens is 1. The van der Waals surface area contributed by atoms with E-state index in [0.29, 0.717) is 61.4 Å². The molecule has 436 valence electrons. The molecule has 0 unspecified atom stereocenters. The number of aromatic amines is 1. The van der Waals surface area contributed by atoms with Gasteiger partial charge in [0.1, 0.15) is 30.3 Å². The topological polar surface area (TPSA) is 263 Å². The number of fused-ring (bicyclic) bond motifs is 1. The number of thiazole rings is 1. The van der Waals surface area contributed by atoms with Crippen LogP contribution in [0.15, 0.2) is 66.7 Å². The number of benzene rings is 2. The van der Waals surface area contributed by atoms with Gasteiger partial charge >= 0.3 is 0 Å². The summed E-state index contributed by atoms with van der Waals surface area (Å²) in [4.78, 5) is 86.4. The van der Waals surface area contributed by atoms with Crippen molar-refractivity contribution in [2.45, 2.75) is 96.1 Å². The van der Waals surface area contributed by atoms with E-state index in [0.717, 1.165) is 45.9 Å². The van der Waals surface area contributed by atoms with Crippen LogP contribution in [-0.2, 0) is 35.2 Å². The average Bonchev–Trinajstić information content (AvgIpc) is 4.27. The van der Waals surface area contributed by atoms with Gasteiger partial charge in [-0.25, -0.2) is 23.7 Å². The molecule has 3 atom stereocenters. The van der Waals surface area contributed by atoms with E-state index >= 15 is 4.39 Å². The van der Waals surface area contributed by atoms with Crippen LogP contribution in [0.1, 0.15) is 86.1 Å². The molecule has 2 aliphatic heterocycles. The fourth-order valence-corrected chi connectivity index (χ4v) is 10.9. The molecule has 10 rings (SSSR count). The summed E-state index contributed by atoms with van der Waals surface area (Å²) in [7, 11) is 0. The molecule has 6 N–H and O–H groups in total. The molecular formula is C57H69F2N13O9S. The molecular weight excluding hydrogens is 1080 g/mol. The number of anilines is 2. The number of aryl methyl sites for hydroxylation is 1. The Morgan fingerprint density at radius 1 is 0.939 bits per heavy atom. The number of aliphatic hydroxyl groups is 1. The zero-order valence-corrected chi connectivity index (χ0v) is 47.2. The maximum absolute atomic E-state index is 15.7. The number of hydrogen-bond donors (Lipinski definition) is 6. The van der Waals surface area contributed by atoms with Crippen molar-refractivity contribution in [1.29, 1.82) is 0 Å². The number of halogens is 2. The number of aromatic nitrogens is 6. The highest BCUT2D eigenvalue weighted by Crippen LogP contribution is 2.42. The zero-order chi connectivity index (χ0) is 57.7. The van der Waals surface area contributed by atoms with Crippen molar-refractivity contribution in [2.75, 3.05) is 84.2 Å². The second-order valence-electron chi connectivity index (χ2n) is 22.4. The van der Waals surface area contributed by atoms with E-state index in [2.05, 4.69) is 41.4 Å². The van der Waals surface area contributed by atoms with E-state index in [1.54, 1.807) is 55.8 Å². The van der Waals surface area contributed by atoms with E-state index in [9.17, 15) is 33.5 Å². The van der Waals surface area contributed by atoms with Crippen molar-refractivity contribution in [3.63, 3.8) is 0 Å². The third-order valence-electron chi connectivity index (χ3n) is 15.1. The summed E-state index contributed by atoms with van der Waals surface area (Å²) in [5, 5.41) is 29.0. The molecule has 22 nitrogen and oxygen atoms in total. The molecule has 4 aliphatic rings. The molecule has 0 bridgehead atoms. The number of ether oxygens (including phenoxy) is 3. The van der Waals surface area contributed by atoms with Gasteiger partial charge < -0.3 is 50.4 Å². The van der Waals surface area contributed by atoms with E-state index in [4.69, 9.17) is 19.2 Å². The summed E-state index contributed by atoms with van der Waals surface area (Å²) in [6, 6.07) is 7.86. The minimum Gasteiger partial charge on any atom is -0.491 e. The Hall–Kier alpha value is -7.45. The number of alkyl halides is 1. The Kier molecular flexibility index (Phi) is 17.6. The quantitative estimate of drug-likeness (QED) is 0.0440. The molecule has 2 saturated carbocycles. The first-order valence-electron chi connectivity index (χ1n) is 27.7. The lowest BCUT2D eigenvalue weighted by molar-refractivity contribution is -0.145. The first-order valence-corrected chi connectivity index (χ1v) is 28.6. The molecule has 2 aromatic carbocycles. The SMILES string of the molecule is Cc1ncsc1-c1ccc(CNC(=O)[C@@H]2C[C@@H](O)CN2C(=O)[C@@H](NC(=O)C2(F)CC2)C(C)(C)C)c(OCCOCCOCCNC(=O)CN2CCN(C(=O)c3ccc(Nc4nc(C5CC5)cn5c(-c6cn[nH]c6)cnc45)c(F)c3)CC2)c1. The van der Waals surface area contributed by atoms with Gasteiger partial charge in [0.25, 0.3) is 11.8 Å². The van der Waals surface area contributed by atoms with Gasteiger partial charge in [-0.2, -0.15) is 5.10 Å². The lowest BCUT2D eigenvalue weighted by Crippen LogP contribution is -2.59. The molecule has 6 heterocycles. The Morgan fingerprint density at radius 2 is 1.71 bits per heavy atom. The van der Waals surface area contributed by atoms with Crippen LogP contribution >= 0.6 is 11.3 Å². The highest BCUT2D eigenvalue weighted by molar-refractivity contribution is 7.13. The van der Waals surface area contributed by atoms with Gasteiger partial charge in [0, 0.05) is 87.2 Å². The number of hydrogen-bond acceptors (Lipinski definition) is 16. The zero-order valence-electron chi connectivity index (χ0n) is 46.3. The number of rotatable bonds is 24. The summed E-state index contributed by atoms with van der Waals surface area (Å²) in [6.07, 6.45) is 8.46. The third kappa shape index (κ3) is 13.7. The Bertz CT molecular complexity index is 3280. The van der Waals surface area contributed by atoms with Gasteiger partial charge in [0.2, 0.25) is 17.7 Å². The number of piperazine rings is 1. The van der Waals surface area contributed by atoms with Crippen LogP contribution in [0.3, 0.4) is 0 Å². The van der Waals surface area contributed by atoms with Crippen molar-refractivity contribution >= 4 is 58.0 Å². The number of carbonyl (C=O) groups excluding carboxylic acids is 5. The molecule has 6 aromatic rings. The summed E-state index contributed by atoms with van der Waals surface area (Å²) >= 11 is 1.49. The molecule has 5 amide bonds. The molecule has 2 aliphatic carbocycles. The third-order valence-corrected chi connectivity index (χ3v) is 16.1. The number of nitrogens with zero attached hydrogens (tertiary/aromatic N) is 8. The number of carbonyl (C=O) groups is 5. The van der Waals surface area contributed by atoms with Crippen LogP contribution in [0.5, 0.6) is 5.75 Å². The molecule has 0 radical (unpaired) electrons. The minimum absolute atomic E-state index is 0.00562. The minimum atomic E-state index is -1.99. The lowest BCUT2D eigenvalue weighted by atomic mass is 9.85. The average molecular weight is 1150 g/mol. The molecule has 0 spiro atoms. The monoisotopic (exact) mass is 1150 g/mol. The van der Waals surface area contributed by atoms with Crippen molar-refractivity contribution in [1.82, 2.24) is 60.2 Å². The van der Waals surface area contributed by atoms with Gasteiger partial charge in [0.15, 0.2) is 17.1 Å². The molecule has 2 saturated heterocycles. The predicted octanol–water partition coefficient (Wildman–Crippen LogP) is 4.91. The van der Waals surface area contributed by atoms with Crippen molar-refractivity contribution in [3.8, 4) is 27.4 Å². The van der Waals surface area contributed by atoms with E-state index in [-0.39, 0.29) is 95.0 Å². The lowest BCUT2D eigenvalue weighted by Gasteiger charge is -2.35. The standard InChI is InChI=1S/C57H69F2N13O9S/c1-34-48(82-33-63-34)36-7-8-38(26-62-52(75)44-25-40(73)30-72(44)54(77)49(56(2,3)4)68-55(78)57(59)11-12-57)46(24-36)81-22-21-80-20-19-79-18-13-60-47(74)32-69-14-16-70(17-15-69)53(76)37-9-10-42(41(58)23-37)66-50-51-61-29-45(39-27-64-65-28-39)71(51)31-43(67-50)35-5-6-35/h7-10,23-24,27-29,31,33,35,40,44,49,73H,5-6,11-22,25-26,30,32H2,1-4H3,(H,60,74)(H,62,75)(H,64,65)(H,66,67)(H,68,78)/t40-,44+,49-/m1/s1. The largest absolute Gasteiger partial charge is 0.491 e. The number of likely N-dealkylation sites (tertiary alicyclic amines) is 1. The highest BCUT2D eigenvalue weighted by atomic mass is 32.1. The second-order valence-corrected chi connectivity index (χ2v) is 23.2. The number of β-amino-alcohol motifs (C(OH)–C–C–N with tert-alkyl or cyclic N) is 1. The van der Waals surface area contributed by atoms with Crippen LogP contribution in [0, 0.1) is 18.2 Å². The van der Waals surface area contributed by atoms with Crippen LogP contribution < -0.4 is 26.0 Å². The van der Waals surface area contributed by atoms with Gasteiger partial charge in [-0.1, -0.05) is 32.9 Å². The second kappa shape index (κ2) is 25.0. The van der Waals surface area contributed by atoms with Crippen LogP contribution in [0.2, 0.25) is 0 Å². The summed E-state index contributed by atoms with van der Waals surface area (Å²) < 4.78 is 50.0. The number of nitrogens with one attached hydrogen (secondary N) is 5. The summed E-state index contributed by atoms with van der Waals surface area (Å²) in [5.74, 6) is -1.74. The van der Waals surface area contributed by atoms with E-state index < -0.39 is 52.8 Å². The number of amides is 5. The smallest absolute Gasteiger partial charge is 0.258 e. The maximum Gasteiger partial charge on any atom is 0.258 e. The Morgan fingerprint density at radius 3 is 2.40 bits per heavy atom. The first-order chi connectivity index (χ1) is 39.4. The number of aliphatic hydroxyl groups excluding tert-OH is 1. The Labute approximate surface area is 476 Å². The van der Waals surface area contributed by atoms with Crippen molar-refractivity contribution in [2.24, 2.45) is 5.41 Å². The van der Waals surface area contributed by atoms with Crippen LogP contribution in [0.4, 0.5) is 20.3 Å². The predicted molar refractivity (Wildman–Crippen MR) is 299 cm³/mol. The molecule has 4 fully saturated rings. The normalized spacial score (nSPS) is 18.3. The van der Waals surface area contributed by atoms with Gasteiger partial charge in [-0.3, -0.25) is 38.4 Å². The fraction of sp³-hybridized carbons (Fsp3) is 0.491. The van der Waals surface area contributed by atoms with Crippen LogP contribution in [0.25, 0.3) is 27.3 Å². The van der Waals surface area contributed by atoms with E-state index in [1.807, 2.05) is 40.6 Å². The van der Waals surface area contributed by atoms with Gasteiger partial charge in [0.05, 0.1) is 84.6 Å². The molecule has 25 heteroatoms. The number of imidazole rings is 1. The summed E-state index contributed by atoms with van der Waals surface area (Å²) in [6.45, 7) is 10.4. The maximum atomic E-state index is 15.7. The summed E-state index contributed by atoms with van der Waals surface area (Å²) in [5.41, 5.74) is 4.84. The van der Waals surface area contributed by atoms with Crippen molar-refractivity contribution in [3.05, 3.63) is 95.0 Å². The molecule has 4 aromatic heterocycles. The van der Waals surface area contributed by atoms with Gasteiger partial charge in [-0.05, 0) is 67.9 Å². The molecule has 82 heavy (non-hydrogen) atoms.